The Labute approximate surface area is 123 Å². The number of carboxylic acid groups (broad SMARTS) is 1. The predicted molar refractivity (Wildman–Crippen MR) is 70.8 cm³/mol. The molecule has 0 aliphatic rings. The zero-order valence-corrected chi connectivity index (χ0v) is 11.7. The second-order valence-electron chi connectivity index (χ2n) is 4.97. The maximum atomic E-state index is 12.4. The fourth-order valence-corrected chi connectivity index (χ4v) is 1.57. The summed E-state index contributed by atoms with van der Waals surface area (Å²) in [5.74, 6) is -2.68. The van der Waals surface area contributed by atoms with Crippen molar-refractivity contribution in [2.45, 2.75) is 25.8 Å². The molecule has 0 atom stereocenters. The summed E-state index contributed by atoms with van der Waals surface area (Å²) in [5.41, 5.74) is -1.30. The van der Waals surface area contributed by atoms with Crippen molar-refractivity contribution >= 4 is 17.7 Å². The van der Waals surface area contributed by atoms with Gasteiger partial charge in [-0.2, -0.15) is 5.10 Å². The van der Waals surface area contributed by atoms with E-state index < -0.39 is 29.6 Å². The third kappa shape index (κ3) is 2.97. The number of nitrogens with zero attached hydrogens (tertiary/aromatic N) is 2. The van der Waals surface area contributed by atoms with Crippen molar-refractivity contribution in [3.05, 3.63) is 35.9 Å². The van der Waals surface area contributed by atoms with Crippen LogP contribution in [0.4, 0.5) is 14.6 Å². The number of furan rings is 1. The summed E-state index contributed by atoms with van der Waals surface area (Å²) in [7, 11) is 0. The molecule has 0 saturated heterocycles. The number of hydrogen-bond acceptors (Lipinski definition) is 4. The van der Waals surface area contributed by atoms with Crippen LogP contribution in [0, 0.1) is 0 Å². The molecule has 0 unspecified atom stereocenters. The molecule has 2 rings (SSSR count). The number of aromatic nitrogens is 2. The molecule has 0 aromatic carbocycles. The zero-order valence-electron chi connectivity index (χ0n) is 11.7. The van der Waals surface area contributed by atoms with Gasteiger partial charge in [0.1, 0.15) is 0 Å². The van der Waals surface area contributed by atoms with Gasteiger partial charge in [0.15, 0.2) is 22.9 Å². The summed E-state index contributed by atoms with van der Waals surface area (Å²) in [6.45, 7) is 2.88. The number of carbonyl (C=O) groups excluding carboxylic acids is 1. The summed E-state index contributed by atoms with van der Waals surface area (Å²) in [6.07, 6.45) is -1.42. The molecule has 0 saturated carbocycles. The van der Waals surface area contributed by atoms with Gasteiger partial charge in [-0.05, 0) is 26.0 Å². The first kappa shape index (κ1) is 15.7. The Balaban J connectivity index is 2.12. The second-order valence-corrected chi connectivity index (χ2v) is 4.97. The van der Waals surface area contributed by atoms with Crippen LogP contribution in [0.5, 0.6) is 0 Å². The van der Waals surface area contributed by atoms with Gasteiger partial charge in [-0.25, -0.2) is 13.6 Å². The van der Waals surface area contributed by atoms with Crippen molar-refractivity contribution < 1.29 is 27.9 Å². The molecule has 0 fully saturated rings. The number of nitrogens with one attached hydrogen (secondary N) is 1. The smallest absolute Gasteiger partial charge is 0.331 e. The van der Waals surface area contributed by atoms with Gasteiger partial charge in [0.25, 0.3) is 12.3 Å². The van der Waals surface area contributed by atoms with Crippen LogP contribution in [0.2, 0.25) is 0 Å². The normalized spacial score (nSPS) is 11.7. The van der Waals surface area contributed by atoms with Crippen LogP contribution in [-0.4, -0.2) is 26.8 Å². The number of carbonyl (C=O) groups is 2. The van der Waals surface area contributed by atoms with E-state index in [0.29, 0.717) is 0 Å². The maximum Gasteiger partial charge on any atom is 0.331 e. The number of rotatable bonds is 5. The van der Waals surface area contributed by atoms with Gasteiger partial charge < -0.3 is 14.8 Å². The monoisotopic (exact) mass is 313 g/mol. The average molecular weight is 313 g/mol. The topological polar surface area (TPSA) is 97.4 Å². The van der Waals surface area contributed by atoms with E-state index in [-0.39, 0.29) is 11.6 Å². The highest BCUT2D eigenvalue weighted by Crippen LogP contribution is 2.22. The number of amides is 1. The lowest BCUT2D eigenvalue weighted by molar-refractivity contribution is -0.146. The molecule has 22 heavy (non-hydrogen) atoms. The minimum atomic E-state index is -2.81. The minimum absolute atomic E-state index is 0.0781. The van der Waals surface area contributed by atoms with Crippen molar-refractivity contribution in [2.75, 3.05) is 5.32 Å². The van der Waals surface area contributed by atoms with Crippen LogP contribution in [-0.2, 0) is 10.3 Å². The highest BCUT2D eigenvalue weighted by Gasteiger charge is 2.30. The Morgan fingerprint density at radius 1 is 1.36 bits per heavy atom. The third-order valence-corrected chi connectivity index (χ3v) is 2.99. The quantitative estimate of drug-likeness (QED) is 0.884. The third-order valence-electron chi connectivity index (χ3n) is 2.99. The maximum absolute atomic E-state index is 12.4. The Bertz CT molecular complexity index is 706. The van der Waals surface area contributed by atoms with E-state index in [1.165, 1.54) is 26.1 Å². The highest BCUT2D eigenvalue weighted by molar-refractivity contribution is 6.01. The largest absolute Gasteiger partial charge is 0.479 e. The van der Waals surface area contributed by atoms with Crippen molar-refractivity contribution in [3.63, 3.8) is 0 Å². The lowest BCUT2D eigenvalue weighted by atomic mass is 10.1. The molecular weight excluding hydrogens is 300 g/mol. The number of anilines is 1. The number of carboxylic acids is 1. The molecule has 0 spiro atoms. The molecule has 1 amide bonds. The summed E-state index contributed by atoms with van der Waals surface area (Å²) in [6, 6.07) is 3.51. The van der Waals surface area contributed by atoms with E-state index in [0.717, 1.165) is 16.8 Å². The van der Waals surface area contributed by atoms with Gasteiger partial charge in [-0.3, -0.25) is 9.48 Å². The van der Waals surface area contributed by atoms with Crippen LogP contribution in [0.25, 0.3) is 0 Å². The molecule has 118 valence electrons. The predicted octanol–water partition coefficient (Wildman–Crippen LogP) is 2.49. The van der Waals surface area contributed by atoms with Crippen LogP contribution in [0.3, 0.4) is 0 Å². The van der Waals surface area contributed by atoms with Crippen LogP contribution in [0.1, 0.15) is 36.6 Å². The SMILES string of the molecule is CC(C)(C(=O)O)n1ccc(NC(=O)c2ccc(C(F)F)o2)n1. The second kappa shape index (κ2) is 5.58. The molecule has 0 aliphatic carbocycles. The number of hydrogen-bond donors (Lipinski definition) is 2. The summed E-state index contributed by atoms with van der Waals surface area (Å²) < 4.78 is 30.6. The van der Waals surface area contributed by atoms with E-state index in [1.807, 2.05) is 0 Å². The standard InChI is InChI=1S/C13H13F2N3O4/c1-13(2,12(20)21)18-6-5-9(17-18)16-11(19)8-4-3-7(22-8)10(14)15/h3-6,10H,1-2H3,(H,20,21)(H,16,17,19). The number of alkyl halides is 2. The fourth-order valence-electron chi connectivity index (χ4n) is 1.57. The lowest BCUT2D eigenvalue weighted by Gasteiger charge is -2.19. The lowest BCUT2D eigenvalue weighted by Crippen LogP contribution is -2.36. The molecule has 9 heteroatoms. The van der Waals surface area contributed by atoms with E-state index in [4.69, 9.17) is 9.52 Å². The van der Waals surface area contributed by atoms with E-state index in [9.17, 15) is 18.4 Å². The number of aliphatic carboxylic acids is 1. The Morgan fingerprint density at radius 2 is 2.05 bits per heavy atom. The van der Waals surface area contributed by atoms with Crippen LogP contribution in [0.15, 0.2) is 28.8 Å². The summed E-state index contributed by atoms with van der Waals surface area (Å²) in [4.78, 5) is 22.9. The van der Waals surface area contributed by atoms with Gasteiger partial charge in [-0.1, -0.05) is 0 Å². The highest BCUT2D eigenvalue weighted by atomic mass is 19.3. The molecule has 0 radical (unpaired) electrons. The molecular formula is C13H13F2N3O4. The first-order valence-corrected chi connectivity index (χ1v) is 6.20. The van der Waals surface area contributed by atoms with Crippen LogP contribution >= 0.6 is 0 Å². The molecule has 0 aliphatic heterocycles. The van der Waals surface area contributed by atoms with E-state index >= 15 is 0 Å². The molecule has 0 bridgehead atoms. The van der Waals surface area contributed by atoms with Gasteiger partial charge in [-0.15, -0.1) is 0 Å². The first-order chi connectivity index (χ1) is 10.2. The van der Waals surface area contributed by atoms with Crippen molar-refractivity contribution in [2.24, 2.45) is 0 Å². The summed E-state index contributed by atoms with van der Waals surface area (Å²) >= 11 is 0. The number of halogens is 2. The zero-order chi connectivity index (χ0) is 16.5. The van der Waals surface area contributed by atoms with E-state index in [2.05, 4.69) is 10.4 Å². The van der Waals surface area contributed by atoms with Crippen molar-refractivity contribution in [3.8, 4) is 0 Å². The average Bonchev–Trinajstić information content (AvgIpc) is 3.07. The molecule has 2 aromatic rings. The minimum Gasteiger partial charge on any atom is -0.479 e. The summed E-state index contributed by atoms with van der Waals surface area (Å²) in [5, 5.41) is 15.3. The first-order valence-electron chi connectivity index (χ1n) is 6.20. The van der Waals surface area contributed by atoms with Gasteiger partial charge in [0, 0.05) is 12.3 Å². The molecule has 7 nitrogen and oxygen atoms in total. The van der Waals surface area contributed by atoms with Gasteiger partial charge in [0.05, 0.1) is 0 Å². The molecule has 2 aromatic heterocycles. The Hall–Kier alpha value is -2.71. The van der Waals surface area contributed by atoms with Crippen LogP contribution < -0.4 is 5.32 Å². The van der Waals surface area contributed by atoms with Crippen molar-refractivity contribution in [1.29, 1.82) is 0 Å². The Morgan fingerprint density at radius 3 is 2.59 bits per heavy atom. The van der Waals surface area contributed by atoms with Gasteiger partial charge >= 0.3 is 5.97 Å². The molecule has 2 heterocycles. The Kier molecular flexibility index (Phi) is 3.98. The van der Waals surface area contributed by atoms with Gasteiger partial charge in [0.2, 0.25) is 0 Å². The fraction of sp³-hybridized carbons (Fsp3) is 0.308. The van der Waals surface area contributed by atoms with E-state index in [1.54, 1.807) is 0 Å². The molecule has 2 N–H and O–H groups in total. The van der Waals surface area contributed by atoms with Crippen molar-refractivity contribution in [1.82, 2.24) is 9.78 Å².